The highest BCUT2D eigenvalue weighted by Crippen LogP contribution is 2.41. The number of ether oxygens (including phenoxy) is 2. The molecule has 1 aliphatic rings. The lowest BCUT2D eigenvalue weighted by molar-refractivity contribution is -0.136. The predicted octanol–water partition coefficient (Wildman–Crippen LogP) is 2.96. The number of fused-ring (bicyclic) bond motifs is 1. The molecule has 0 saturated heterocycles. The zero-order chi connectivity index (χ0) is 22.8. The number of nitrogens with zero attached hydrogens (tertiary/aromatic N) is 3. The summed E-state index contributed by atoms with van der Waals surface area (Å²) in [6.45, 7) is 3.06. The molecule has 2 aromatic heterocycles. The summed E-state index contributed by atoms with van der Waals surface area (Å²) in [7, 11) is 1.26. The Hall–Kier alpha value is -3.52. The molecule has 3 aromatic rings. The highest BCUT2D eigenvalue weighted by molar-refractivity contribution is 6.30. The number of pyridine rings is 1. The van der Waals surface area contributed by atoms with Gasteiger partial charge < -0.3 is 24.3 Å². The number of esters is 1. The van der Waals surface area contributed by atoms with Crippen molar-refractivity contribution in [3.63, 3.8) is 0 Å². The van der Waals surface area contributed by atoms with Crippen molar-refractivity contribution in [3.05, 3.63) is 92.7 Å². The molecule has 0 spiro atoms. The Bertz CT molecular complexity index is 1230. The third kappa shape index (κ3) is 4.01. The van der Waals surface area contributed by atoms with Crippen molar-refractivity contribution in [2.75, 3.05) is 7.11 Å². The molecule has 0 unspecified atom stereocenters. The minimum atomic E-state index is -0.739. The first-order valence-corrected chi connectivity index (χ1v) is 10.5. The number of halogens is 1. The van der Waals surface area contributed by atoms with Crippen LogP contribution in [0.4, 0.5) is 0 Å². The van der Waals surface area contributed by atoms with E-state index in [1.807, 2.05) is 17.7 Å². The van der Waals surface area contributed by atoms with E-state index in [2.05, 4.69) is 4.98 Å². The average molecular weight is 455 g/mol. The van der Waals surface area contributed by atoms with E-state index in [4.69, 9.17) is 26.8 Å². The number of carbonyl (C=O) groups is 1. The first-order chi connectivity index (χ1) is 15.4. The zero-order valence-electron chi connectivity index (χ0n) is 17.7. The zero-order valence-corrected chi connectivity index (χ0v) is 18.5. The fraction of sp³-hybridized carbons (Fsp3) is 0.261. The molecule has 1 atom stereocenters. The van der Waals surface area contributed by atoms with Crippen molar-refractivity contribution in [3.8, 4) is 5.75 Å². The van der Waals surface area contributed by atoms with Crippen molar-refractivity contribution in [2.45, 2.75) is 32.4 Å². The average Bonchev–Trinajstić information content (AvgIpc) is 3.29. The first-order valence-electron chi connectivity index (χ1n) is 10.1. The number of carbonyl (C=O) groups excluding carboxylic acids is 1. The van der Waals surface area contributed by atoms with E-state index in [0.29, 0.717) is 28.4 Å². The van der Waals surface area contributed by atoms with Crippen LogP contribution in [0.2, 0.25) is 5.02 Å². The molecule has 2 N–H and O–H groups in total. The van der Waals surface area contributed by atoms with Gasteiger partial charge >= 0.3 is 5.97 Å². The molecule has 0 bridgehead atoms. The Labute approximate surface area is 189 Å². The summed E-state index contributed by atoms with van der Waals surface area (Å²) in [5.41, 5.74) is 7.74. The van der Waals surface area contributed by atoms with Crippen molar-refractivity contribution in [1.82, 2.24) is 14.1 Å². The summed E-state index contributed by atoms with van der Waals surface area (Å²) in [6, 6.07) is 8.71. The number of aryl methyl sites for hydroxylation is 2. The number of aromatic nitrogens is 3. The van der Waals surface area contributed by atoms with E-state index in [0.717, 1.165) is 18.7 Å². The van der Waals surface area contributed by atoms with E-state index in [9.17, 15) is 9.59 Å². The lowest BCUT2D eigenvalue weighted by Crippen LogP contribution is -2.35. The second-order valence-corrected chi connectivity index (χ2v) is 7.97. The standard InChI is InChI=1S/C23H23ClN4O4/c1-14-12-17-19(22(29)28(14)10-3-9-27-11-8-26-13-27)18(15-4-6-16(24)7-5-15)20(21(25)32-17)23(30)31-2/h4-8,11-13,18H,3,9-10,25H2,1-2H3/t18-/m1/s1. The molecule has 166 valence electrons. The van der Waals surface area contributed by atoms with Gasteiger partial charge in [0.15, 0.2) is 0 Å². The van der Waals surface area contributed by atoms with Crippen molar-refractivity contribution >= 4 is 17.6 Å². The van der Waals surface area contributed by atoms with Crippen LogP contribution < -0.4 is 16.0 Å². The maximum atomic E-state index is 13.7. The van der Waals surface area contributed by atoms with Crippen LogP contribution in [0.5, 0.6) is 5.75 Å². The molecule has 0 aliphatic carbocycles. The highest BCUT2D eigenvalue weighted by Gasteiger charge is 2.38. The molecule has 32 heavy (non-hydrogen) atoms. The third-order valence-corrected chi connectivity index (χ3v) is 5.79. The molecule has 1 aromatic carbocycles. The number of hydrogen-bond acceptors (Lipinski definition) is 6. The van der Waals surface area contributed by atoms with Gasteiger partial charge in [-0.05, 0) is 31.0 Å². The largest absolute Gasteiger partial charge is 0.465 e. The minimum Gasteiger partial charge on any atom is -0.465 e. The molecule has 3 heterocycles. The van der Waals surface area contributed by atoms with Crippen LogP contribution >= 0.6 is 11.6 Å². The monoisotopic (exact) mass is 454 g/mol. The van der Waals surface area contributed by atoms with E-state index < -0.39 is 11.9 Å². The second kappa shape index (κ2) is 8.92. The molecule has 1 aliphatic heterocycles. The fourth-order valence-corrected chi connectivity index (χ4v) is 4.12. The van der Waals surface area contributed by atoms with Crippen molar-refractivity contribution < 1.29 is 14.3 Å². The predicted molar refractivity (Wildman–Crippen MR) is 119 cm³/mol. The van der Waals surface area contributed by atoms with Crippen LogP contribution in [0.25, 0.3) is 0 Å². The van der Waals surface area contributed by atoms with Gasteiger partial charge in [0.2, 0.25) is 5.88 Å². The molecular weight excluding hydrogens is 432 g/mol. The fourth-order valence-electron chi connectivity index (χ4n) is 3.99. The number of methoxy groups -OCH3 is 1. The lowest BCUT2D eigenvalue weighted by Gasteiger charge is -2.29. The summed E-state index contributed by atoms with van der Waals surface area (Å²) in [5.74, 6) is -1.14. The Morgan fingerprint density at radius 1 is 1.28 bits per heavy atom. The van der Waals surface area contributed by atoms with Gasteiger partial charge in [-0.1, -0.05) is 23.7 Å². The number of rotatable bonds is 6. The van der Waals surface area contributed by atoms with Crippen LogP contribution in [0.3, 0.4) is 0 Å². The van der Waals surface area contributed by atoms with Crippen LogP contribution in [0.1, 0.15) is 29.2 Å². The summed E-state index contributed by atoms with van der Waals surface area (Å²) in [6.07, 6.45) is 6.06. The maximum absolute atomic E-state index is 13.7. The van der Waals surface area contributed by atoms with E-state index in [1.165, 1.54) is 7.11 Å². The van der Waals surface area contributed by atoms with Gasteiger partial charge in [-0.2, -0.15) is 0 Å². The maximum Gasteiger partial charge on any atom is 0.340 e. The normalized spacial score (nSPS) is 15.3. The molecular formula is C23H23ClN4O4. The molecule has 8 nitrogen and oxygen atoms in total. The van der Waals surface area contributed by atoms with Gasteiger partial charge in [-0.25, -0.2) is 9.78 Å². The van der Waals surface area contributed by atoms with Crippen LogP contribution in [0, 0.1) is 6.92 Å². The third-order valence-electron chi connectivity index (χ3n) is 5.54. The van der Waals surface area contributed by atoms with Gasteiger partial charge in [-0.15, -0.1) is 0 Å². The number of imidazole rings is 1. The number of benzene rings is 1. The summed E-state index contributed by atoms with van der Waals surface area (Å²) < 4.78 is 14.3. The van der Waals surface area contributed by atoms with Crippen LogP contribution in [-0.2, 0) is 22.6 Å². The highest BCUT2D eigenvalue weighted by atomic mass is 35.5. The Morgan fingerprint density at radius 3 is 2.69 bits per heavy atom. The summed E-state index contributed by atoms with van der Waals surface area (Å²) in [5, 5.41) is 0.540. The second-order valence-electron chi connectivity index (χ2n) is 7.53. The SMILES string of the molecule is COC(=O)C1=C(N)Oc2cc(C)n(CCCn3ccnc3)c(=O)c2[C@H]1c1ccc(Cl)cc1. The van der Waals surface area contributed by atoms with E-state index >= 15 is 0 Å². The molecule has 0 fully saturated rings. The van der Waals surface area contributed by atoms with Gasteiger partial charge in [0, 0.05) is 42.3 Å². The molecule has 4 rings (SSSR count). The van der Waals surface area contributed by atoms with Gasteiger partial charge in [0.05, 0.1) is 24.9 Å². The lowest BCUT2D eigenvalue weighted by atomic mass is 9.83. The summed E-state index contributed by atoms with van der Waals surface area (Å²) >= 11 is 6.06. The van der Waals surface area contributed by atoms with Crippen LogP contribution in [-0.4, -0.2) is 27.2 Å². The van der Waals surface area contributed by atoms with Crippen molar-refractivity contribution in [1.29, 1.82) is 0 Å². The van der Waals surface area contributed by atoms with E-state index in [-0.39, 0.29) is 17.0 Å². The topological polar surface area (TPSA) is 101 Å². The molecule has 9 heteroatoms. The number of hydrogen-bond donors (Lipinski definition) is 1. The Kier molecular flexibility index (Phi) is 6.05. The Morgan fingerprint density at radius 2 is 2.03 bits per heavy atom. The molecule has 0 amide bonds. The van der Waals surface area contributed by atoms with Gasteiger partial charge in [0.25, 0.3) is 5.56 Å². The van der Waals surface area contributed by atoms with Gasteiger partial charge in [-0.3, -0.25) is 4.79 Å². The molecule has 0 radical (unpaired) electrons. The first kappa shape index (κ1) is 21.7. The summed E-state index contributed by atoms with van der Waals surface area (Å²) in [4.78, 5) is 30.3. The quantitative estimate of drug-likeness (QED) is 0.574. The van der Waals surface area contributed by atoms with Crippen molar-refractivity contribution in [2.24, 2.45) is 5.73 Å². The van der Waals surface area contributed by atoms with Gasteiger partial charge in [0.1, 0.15) is 11.3 Å². The Balaban J connectivity index is 1.80. The minimum absolute atomic E-state index is 0.0824. The number of nitrogens with two attached hydrogens (primary N) is 1. The van der Waals surface area contributed by atoms with E-state index in [1.54, 1.807) is 47.4 Å². The smallest absolute Gasteiger partial charge is 0.340 e. The van der Waals surface area contributed by atoms with Crippen LogP contribution in [0.15, 0.2) is 65.3 Å². The molecule has 0 saturated carbocycles.